The zero-order valence-electron chi connectivity index (χ0n) is 15.1. The van der Waals surface area contributed by atoms with Crippen molar-refractivity contribution < 1.29 is 14.7 Å². The first-order chi connectivity index (χ1) is 12.4. The van der Waals surface area contributed by atoms with E-state index in [1.165, 1.54) is 4.90 Å². The van der Waals surface area contributed by atoms with Gasteiger partial charge in [-0.15, -0.1) is 0 Å². The minimum atomic E-state index is -0.725. The van der Waals surface area contributed by atoms with Crippen molar-refractivity contribution in [2.24, 2.45) is 5.92 Å². The van der Waals surface area contributed by atoms with Crippen molar-refractivity contribution in [2.75, 3.05) is 4.90 Å². The van der Waals surface area contributed by atoms with Crippen molar-refractivity contribution >= 4 is 17.4 Å². The third-order valence-corrected chi connectivity index (χ3v) is 4.35. The highest BCUT2D eigenvalue weighted by molar-refractivity contribution is 6.16. The second-order valence-corrected chi connectivity index (χ2v) is 6.95. The molecule has 0 saturated heterocycles. The van der Waals surface area contributed by atoms with Crippen LogP contribution in [-0.4, -0.2) is 21.8 Å². The van der Waals surface area contributed by atoms with Gasteiger partial charge in [-0.1, -0.05) is 32.0 Å². The fourth-order valence-electron chi connectivity index (χ4n) is 3.23. The lowest BCUT2D eigenvalue weighted by atomic mass is 9.94. The second kappa shape index (κ2) is 7.12. The predicted octanol–water partition coefficient (Wildman–Crippen LogP) is 3.91. The van der Waals surface area contributed by atoms with Crippen molar-refractivity contribution in [3.05, 3.63) is 71.3 Å². The lowest BCUT2D eigenvalue weighted by Crippen LogP contribution is -2.31. The molecule has 1 aromatic heterocycles. The molecule has 0 saturated carbocycles. The Kier molecular flexibility index (Phi) is 4.89. The Morgan fingerprint density at radius 2 is 2.00 bits per heavy atom. The molecule has 0 bridgehead atoms. The number of nitrogens with zero attached hydrogens (tertiary/aromatic N) is 2. The van der Waals surface area contributed by atoms with Crippen LogP contribution >= 0.6 is 0 Å². The van der Waals surface area contributed by atoms with Crippen molar-refractivity contribution in [3.63, 3.8) is 0 Å². The summed E-state index contributed by atoms with van der Waals surface area (Å²) in [5, 5.41) is 10.5. The summed E-state index contributed by atoms with van der Waals surface area (Å²) in [7, 11) is 0. The Hall–Kier alpha value is -2.95. The van der Waals surface area contributed by atoms with E-state index in [1.807, 2.05) is 39.0 Å². The number of carbonyl (C=O) groups excluding carboxylic acids is 2. The number of aliphatic hydroxyl groups is 1. The summed E-state index contributed by atoms with van der Waals surface area (Å²) < 4.78 is 0. The monoisotopic (exact) mass is 350 g/mol. The minimum Gasteiger partial charge on any atom is -0.503 e. The Morgan fingerprint density at radius 1 is 1.23 bits per heavy atom. The van der Waals surface area contributed by atoms with Crippen molar-refractivity contribution in [3.8, 4) is 0 Å². The molecule has 1 atom stereocenters. The van der Waals surface area contributed by atoms with E-state index in [9.17, 15) is 14.7 Å². The highest BCUT2D eigenvalue weighted by Gasteiger charge is 2.44. The number of benzene rings is 1. The van der Waals surface area contributed by atoms with E-state index in [4.69, 9.17) is 0 Å². The number of aromatic nitrogens is 1. The van der Waals surface area contributed by atoms with E-state index in [0.29, 0.717) is 11.4 Å². The number of Topliss-reactive ketones (excluding diaryl/α,β-unsaturated/α-hetero) is 1. The van der Waals surface area contributed by atoms with E-state index in [1.54, 1.807) is 30.5 Å². The van der Waals surface area contributed by atoms with Crippen LogP contribution in [0, 0.1) is 12.8 Å². The molecule has 1 N–H and O–H groups in total. The van der Waals surface area contributed by atoms with Crippen molar-refractivity contribution in [2.45, 2.75) is 33.2 Å². The molecule has 26 heavy (non-hydrogen) atoms. The van der Waals surface area contributed by atoms with Gasteiger partial charge in [0.1, 0.15) is 6.04 Å². The number of hydrogen-bond acceptors (Lipinski definition) is 4. The van der Waals surface area contributed by atoms with Gasteiger partial charge in [-0.25, -0.2) is 0 Å². The van der Waals surface area contributed by atoms with Gasteiger partial charge in [0.15, 0.2) is 11.5 Å². The zero-order chi connectivity index (χ0) is 18.8. The molecule has 3 rings (SSSR count). The van der Waals surface area contributed by atoms with Crippen molar-refractivity contribution in [1.29, 1.82) is 0 Å². The number of amides is 1. The van der Waals surface area contributed by atoms with Gasteiger partial charge < -0.3 is 5.11 Å². The van der Waals surface area contributed by atoms with Gasteiger partial charge in [0.25, 0.3) is 5.91 Å². The highest BCUT2D eigenvalue weighted by atomic mass is 16.3. The molecule has 1 aliphatic heterocycles. The summed E-state index contributed by atoms with van der Waals surface area (Å²) in [4.78, 5) is 31.5. The fraction of sp³-hybridized carbons (Fsp3) is 0.286. The number of carbonyl (C=O) groups is 2. The van der Waals surface area contributed by atoms with Gasteiger partial charge in [0.05, 0.1) is 11.3 Å². The second-order valence-electron chi connectivity index (χ2n) is 6.95. The van der Waals surface area contributed by atoms with Crippen LogP contribution in [0.25, 0.3) is 0 Å². The van der Waals surface area contributed by atoms with E-state index in [2.05, 4.69) is 4.98 Å². The largest absolute Gasteiger partial charge is 0.503 e. The van der Waals surface area contributed by atoms with Crippen LogP contribution in [0.4, 0.5) is 5.69 Å². The van der Waals surface area contributed by atoms with Crippen LogP contribution < -0.4 is 4.90 Å². The molecule has 5 nitrogen and oxygen atoms in total. The average Bonchev–Trinajstić information content (AvgIpc) is 2.87. The number of anilines is 1. The summed E-state index contributed by atoms with van der Waals surface area (Å²) in [5.74, 6) is -1.15. The van der Waals surface area contributed by atoms with Gasteiger partial charge in [0, 0.05) is 18.3 Å². The van der Waals surface area contributed by atoms with Gasteiger partial charge >= 0.3 is 0 Å². The first kappa shape index (κ1) is 17.9. The molecule has 0 spiro atoms. The van der Waals surface area contributed by atoms with Crippen LogP contribution in [-0.2, 0) is 9.59 Å². The van der Waals surface area contributed by atoms with Crippen LogP contribution in [0.1, 0.15) is 37.6 Å². The van der Waals surface area contributed by atoms with Crippen molar-refractivity contribution in [1.82, 2.24) is 4.98 Å². The van der Waals surface area contributed by atoms with E-state index in [-0.39, 0.29) is 23.7 Å². The first-order valence-electron chi connectivity index (χ1n) is 8.67. The quantitative estimate of drug-likeness (QED) is 0.888. The average molecular weight is 350 g/mol. The first-order valence-corrected chi connectivity index (χ1v) is 8.67. The van der Waals surface area contributed by atoms with Crippen LogP contribution in [0.15, 0.2) is 60.0 Å². The Labute approximate surface area is 153 Å². The standard InChI is InChI=1S/C21H22N2O3/c1-13(2)11-17(24)18-19(16-9-4-5-10-22-16)23(21(26)20(18)25)15-8-6-7-14(3)12-15/h4-10,12-13,19,25H,11H2,1-3H3. The number of aliphatic hydroxyl groups excluding tert-OH is 1. The SMILES string of the molecule is Cc1cccc(N2C(=O)C(O)=C(C(=O)CC(C)C)C2c2ccccn2)c1. The molecule has 1 aliphatic rings. The molecule has 0 aliphatic carbocycles. The van der Waals surface area contributed by atoms with Crippen LogP contribution in [0.3, 0.4) is 0 Å². The Morgan fingerprint density at radius 3 is 2.62 bits per heavy atom. The molecular formula is C21H22N2O3. The molecule has 2 heterocycles. The lowest BCUT2D eigenvalue weighted by Gasteiger charge is -2.26. The van der Waals surface area contributed by atoms with Gasteiger partial charge in [0.2, 0.25) is 0 Å². The number of hydrogen-bond donors (Lipinski definition) is 1. The topological polar surface area (TPSA) is 70.5 Å². The molecule has 0 fully saturated rings. The maximum absolute atomic E-state index is 12.8. The lowest BCUT2D eigenvalue weighted by molar-refractivity contribution is -0.118. The summed E-state index contributed by atoms with van der Waals surface area (Å²) in [6.07, 6.45) is 1.88. The minimum absolute atomic E-state index is 0.121. The smallest absolute Gasteiger partial charge is 0.294 e. The highest BCUT2D eigenvalue weighted by Crippen LogP contribution is 2.41. The predicted molar refractivity (Wildman–Crippen MR) is 99.8 cm³/mol. The van der Waals surface area contributed by atoms with E-state index < -0.39 is 17.7 Å². The number of rotatable bonds is 5. The van der Waals surface area contributed by atoms with Gasteiger partial charge in [-0.3, -0.25) is 19.5 Å². The van der Waals surface area contributed by atoms with Gasteiger partial charge in [-0.05, 0) is 42.7 Å². The maximum atomic E-state index is 12.8. The summed E-state index contributed by atoms with van der Waals surface area (Å²) in [6.45, 7) is 5.79. The van der Waals surface area contributed by atoms with Crippen LogP contribution in [0.2, 0.25) is 0 Å². The van der Waals surface area contributed by atoms with E-state index in [0.717, 1.165) is 5.56 Å². The molecule has 1 amide bonds. The summed E-state index contributed by atoms with van der Waals surface area (Å²) >= 11 is 0. The molecule has 1 aromatic carbocycles. The number of pyridine rings is 1. The number of ketones is 1. The zero-order valence-corrected chi connectivity index (χ0v) is 15.1. The number of aryl methyl sites for hydroxylation is 1. The third kappa shape index (κ3) is 3.25. The summed E-state index contributed by atoms with van der Waals surface area (Å²) in [5.41, 5.74) is 2.29. The maximum Gasteiger partial charge on any atom is 0.294 e. The molecule has 134 valence electrons. The molecule has 2 aromatic rings. The Bertz CT molecular complexity index is 872. The molecule has 0 radical (unpaired) electrons. The third-order valence-electron chi connectivity index (χ3n) is 4.35. The molecular weight excluding hydrogens is 328 g/mol. The van der Waals surface area contributed by atoms with E-state index >= 15 is 0 Å². The molecule has 5 heteroatoms. The Balaban J connectivity index is 2.14. The fourth-order valence-corrected chi connectivity index (χ4v) is 3.23. The van der Waals surface area contributed by atoms with Crippen LogP contribution in [0.5, 0.6) is 0 Å². The normalized spacial score (nSPS) is 17.3. The summed E-state index contributed by atoms with van der Waals surface area (Å²) in [6, 6.07) is 12.0. The molecule has 1 unspecified atom stereocenters. The van der Waals surface area contributed by atoms with Gasteiger partial charge in [-0.2, -0.15) is 0 Å².